The van der Waals surface area contributed by atoms with Gasteiger partial charge < -0.3 is 4.79 Å². The minimum absolute atomic E-state index is 0.256. The summed E-state index contributed by atoms with van der Waals surface area (Å²) in [6.45, 7) is 2.19. The zero-order valence-electron chi connectivity index (χ0n) is 10.6. The Morgan fingerprint density at radius 3 is 1.89 bits per heavy atom. The van der Waals surface area contributed by atoms with E-state index in [1.807, 2.05) is 24.3 Å². The molecule has 0 aromatic heterocycles. The Labute approximate surface area is 108 Å². The molecular weight excluding hydrogens is 220 g/mol. The van der Waals surface area contributed by atoms with Gasteiger partial charge in [0.15, 0.2) is 0 Å². The molecule has 0 saturated carbocycles. The van der Waals surface area contributed by atoms with Gasteiger partial charge in [0.2, 0.25) is 0 Å². The summed E-state index contributed by atoms with van der Waals surface area (Å²) in [5.74, 6) is 0.602. The maximum Gasteiger partial charge on any atom is 0.120 e. The molecule has 0 N–H and O–H groups in total. The van der Waals surface area contributed by atoms with E-state index < -0.39 is 0 Å². The monoisotopic (exact) mass is 238 g/mol. The van der Waals surface area contributed by atoms with Crippen molar-refractivity contribution >= 4 is 6.29 Å². The van der Waals surface area contributed by atoms with E-state index in [0.29, 0.717) is 12.3 Å². The van der Waals surface area contributed by atoms with Crippen molar-refractivity contribution in [2.45, 2.75) is 25.2 Å². The molecule has 0 aliphatic rings. The summed E-state index contributed by atoms with van der Waals surface area (Å²) in [5.41, 5.74) is 2.52. The van der Waals surface area contributed by atoms with Crippen LogP contribution in [0.4, 0.5) is 0 Å². The van der Waals surface area contributed by atoms with E-state index in [4.69, 9.17) is 0 Å². The van der Waals surface area contributed by atoms with Gasteiger partial charge in [0.1, 0.15) is 6.29 Å². The molecular formula is C17H18O. The van der Waals surface area contributed by atoms with Crippen molar-refractivity contribution in [1.82, 2.24) is 0 Å². The lowest BCUT2D eigenvalue weighted by molar-refractivity contribution is -0.108. The number of hydrogen-bond acceptors (Lipinski definition) is 1. The second kappa shape index (κ2) is 6.15. The summed E-state index contributed by atoms with van der Waals surface area (Å²) >= 11 is 0. The third-order valence-corrected chi connectivity index (χ3v) is 3.51. The minimum atomic E-state index is 0.256. The zero-order chi connectivity index (χ0) is 12.8. The molecule has 1 heteroatoms. The van der Waals surface area contributed by atoms with Gasteiger partial charge >= 0.3 is 0 Å². The van der Waals surface area contributed by atoms with E-state index in [2.05, 4.69) is 43.3 Å². The number of carbonyl (C=O) groups excluding carboxylic acids is 1. The highest BCUT2D eigenvalue weighted by molar-refractivity contribution is 5.52. The van der Waals surface area contributed by atoms with E-state index in [1.165, 1.54) is 11.1 Å². The van der Waals surface area contributed by atoms with E-state index in [0.717, 1.165) is 6.29 Å². The Bertz CT molecular complexity index is 475. The van der Waals surface area contributed by atoms with Crippen molar-refractivity contribution in [3.05, 3.63) is 71.8 Å². The predicted molar refractivity (Wildman–Crippen MR) is 74.7 cm³/mol. The molecule has 0 radical (unpaired) electrons. The highest BCUT2D eigenvalue weighted by Crippen LogP contribution is 2.34. The molecule has 0 saturated heterocycles. The van der Waals surface area contributed by atoms with Crippen LogP contribution in [0.2, 0.25) is 0 Å². The summed E-state index contributed by atoms with van der Waals surface area (Å²) in [6.07, 6.45) is 1.59. The molecule has 0 fully saturated rings. The van der Waals surface area contributed by atoms with Crippen LogP contribution >= 0.6 is 0 Å². The van der Waals surface area contributed by atoms with Crippen molar-refractivity contribution in [2.75, 3.05) is 0 Å². The summed E-state index contributed by atoms with van der Waals surface area (Å²) in [7, 11) is 0. The lowest BCUT2D eigenvalue weighted by atomic mass is 9.81. The van der Waals surface area contributed by atoms with Gasteiger partial charge in [-0.15, -0.1) is 0 Å². The highest BCUT2D eigenvalue weighted by atomic mass is 16.1. The summed E-state index contributed by atoms with van der Waals surface area (Å²) in [4.78, 5) is 10.9. The molecule has 0 spiro atoms. The molecule has 2 aromatic carbocycles. The quantitative estimate of drug-likeness (QED) is 0.715. The Morgan fingerprint density at radius 2 is 1.39 bits per heavy atom. The molecule has 0 bridgehead atoms. The average molecular weight is 238 g/mol. The SMILES string of the molecule is CC(c1ccccc1)C(CC=O)c1ccccc1. The first kappa shape index (κ1) is 12.6. The summed E-state index contributed by atoms with van der Waals surface area (Å²) < 4.78 is 0. The van der Waals surface area contributed by atoms with Gasteiger partial charge in [0.25, 0.3) is 0 Å². The Morgan fingerprint density at radius 1 is 0.889 bits per heavy atom. The molecule has 0 aliphatic carbocycles. The van der Waals surface area contributed by atoms with E-state index in [-0.39, 0.29) is 5.92 Å². The first-order valence-electron chi connectivity index (χ1n) is 6.36. The van der Waals surface area contributed by atoms with Crippen molar-refractivity contribution < 1.29 is 4.79 Å². The first-order valence-corrected chi connectivity index (χ1v) is 6.36. The number of benzene rings is 2. The van der Waals surface area contributed by atoms with Gasteiger partial charge in [0.05, 0.1) is 0 Å². The Balaban J connectivity index is 2.28. The number of rotatable bonds is 5. The van der Waals surface area contributed by atoms with Crippen LogP contribution in [-0.4, -0.2) is 6.29 Å². The number of hydrogen-bond donors (Lipinski definition) is 0. The molecule has 2 atom stereocenters. The van der Waals surface area contributed by atoms with Crippen LogP contribution < -0.4 is 0 Å². The first-order chi connectivity index (χ1) is 8.83. The van der Waals surface area contributed by atoms with Crippen LogP contribution in [0.15, 0.2) is 60.7 Å². The van der Waals surface area contributed by atoms with Gasteiger partial charge in [0, 0.05) is 6.42 Å². The standard InChI is InChI=1S/C17H18O/c1-14(15-8-4-2-5-9-15)17(12-13-18)16-10-6-3-7-11-16/h2-11,13-14,17H,12H2,1H3. The highest BCUT2D eigenvalue weighted by Gasteiger charge is 2.20. The van der Waals surface area contributed by atoms with Crippen molar-refractivity contribution in [2.24, 2.45) is 0 Å². The van der Waals surface area contributed by atoms with Gasteiger partial charge in [-0.3, -0.25) is 0 Å². The molecule has 2 aromatic rings. The second-order valence-electron chi connectivity index (χ2n) is 4.62. The van der Waals surface area contributed by atoms with Crippen LogP contribution in [-0.2, 0) is 4.79 Å². The summed E-state index contributed by atoms with van der Waals surface area (Å²) in [6, 6.07) is 20.7. The molecule has 2 rings (SSSR count). The molecule has 18 heavy (non-hydrogen) atoms. The third-order valence-electron chi connectivity index (χ3n) is 3.51. The molecule has 0 heterocycles. The molecule has 92 valence electrons. The molecule has 0 amide bonds. The van der Waals surface area contributed by atoms with Gasteiger partial charge in [-0.25, -0.2) is 0 Å². The van der Waals surface area contributed by atoms with Crippen LogP contribution in [0.3, 0.4) is 0 Å². The molecule has 0 aliphatic heterocycles. The maximum absolute atomic E-state index is 10.9. The topological polar surface area (TPSA) is 17.1 Å². The normalized spacial score (nSPS) is 13.8. The van der Waals surface area contributed by atoms with Gasteiger partial charge in [-0.1, -0.05) is 67.6 Å². The Hall–Kier alpha value is -1.89. The fraction of sp³-hybridized carbons (Fsp3) is 0.235. The molecule has 1 nitrogen and oxygen atoms in total. The summed E-state index contributed by atoms with van der Waals surface area (Å²) in [5, 5.41) is 0. The smallest absolute Gasteiger partial charge is 0.120 e. The Kier molecular flexibility index (Phi) is 4.30. The molecule has 2 unspecified atom stereocenters. The van der Waals surface area contributed by atoms with E-state index in [1.54, 1.807) is 0 Å². The maximum atomic E-state index is 10.9. The number of carbonyl (C=O) groups is 1. The van der Waals surface area contributed by atoms with Crippen LogP contribution in [0.1, 0.15) is 36.3 Å². The lowest BCUT2D eigenvalue weighted by Crippen LogP contribution is -2.09. The van der Waals surface area contributed by atoms with Crippen molar-refractivity contribution in [3.8, 4) is 0 Å². The van der Waals surface area contributed by atoms with Crippen LogP contribution in [0, 0.1) is 0 Å². The fourth-order valence-corrected chi connectivity index (χ4v) is 2.42. The lowest BCUT2D eigenvalue weighted by Gasteiger charge is -2.23. The van der Waals surface area contributed by atoms with Crippen LogP contribution in [0.5, 0.6) is 0 Å². The van der Waals surface area contributed by atoms with Gasteiger partial charge in [-0.05, 0) is 23.0 Å². The number of aldehydes is 1. The van der Waals surface area contributed by atoms with Gasteiger partial charge in [-0.2, -0.15) is 0 Å². The largest absolute Gasteiger partial charge is 0.303 e. The fourth-order valence-electron chi connectivity index (χ4n) is 2.42. The minimum Gasteiger partial charge on any atom is -0.303 e. The zero-order valence-corrected chi connectivity index (χ0v) is 10.6. The van der Waals surface area contributed by atoms with Crippen molar-refractivity contribution in [1.29, 1.82) is 0 Å². The van der Waals surface area contributed by atoms with E-state index in [9.17, 15) is 4.79 Å². The second-order valence-corrected chi connectivity index (χ2v) is 4.62. The average Bonchev–Trinajstić information content (AvgIpc) is 2.46. The van der Waals surface area contributed by atoms with Crippen molar-refractivity contribution in [3.63, 3.8) is 0 Å². The van der Waals surface area contributed by atoms with Crippen LogP contribution in [0.25, 0.3) is 0 Å². The predicted octanol–water partition coefficient (Wildman–Crippen LogP) is 4.16. The third kappa shape index (κ3) is 2.86. The van der Waals surface area contributed by atoms with E-state index >= 15 is 0 Å².